The quantitative estimate of drug-likeness (QED) is 0.833. The normalized spacial score (nSPS) is 28.9. The van der Waals surface area contributed by atoms with E-state index in [-0.39, 0.29) is 35.3 Å². The highest BCUT2D eigenvalue weighted by molar-refractivity contribution is 9.10. The smallest absolute Gasteiger partial charge is 0.143 e. The van der Waals surface area contributed by atoms with E-state index < -0.39 is 17.3 Å². The van der Waals surface area contributed by atoms with E-state index in [0.717, 1.165) is 6.07 Å². The van der Waals surface area contributed by atoms with Crippen LogP contribution in [-0.4, -0.2) is 11.7 Å². The summed E-state index contributed by atoms with van der Waals surface area (Å²) >= 11 is 2.95. The Labute approximate surface area is 100.0 Å². The van der Waals surface area contributed by atoms with Crippen LogP contribution in [-0.2, 0) is 6.42 Å². The number of halogens is 4. The van der Waals surface area contributed by atoms with Crippen LogP contribution < -0.4 is 5.73 Å². The average molecular weight is 294 g/mol. The van der Waals surface area contributed by atoms with Gasteiger partial charge in [-0.15, -0.1) is 0 Å². The van der Waals surface area contributed by atoms with Crippen LogP contribution in [0.15, 0.2) is 16.6 Å². The molecule has 1 nitrogen and oxygen atoms in total. The minimum atomic E-state index is -1.55. The number of benzene rings is 1. The molecule has 1 fully saturated rings. The van der Waals surface area contributed by atoms with Gasteiger partial charge >= 0.3 is 0 Å². The first-order valence-corrected chi connectivity index (χ1v) is 5.77. The lowest BCUT2D eigenvalue weighted by atomic mass is 9.74. The standard InChI is InChI=1S/C11H11BrF3N/c12-8-1-2-9(13)7(10(8)14)5-11(15)3-6(16)4-11/h1-2,6H,3-5,16H2. The van der Waals surface area contributed by atoms with E-state index in [0.29, 0.717) is 0 Å². The van der Waals surface area contributed by atoms with E-state index in [9.17, 15) is 13.2 Å². The number of alkyl halides is 1. The highest BCUT2D eigenvalue weighted by Gasteiger charge is 2.44. The van der Waals surface area contributed by atoms with Crippen LogP contribution in [0.3, 0.4) is 0 Å². The molecule has 0 aromatic heterocycles. The highest BCUT2D eigenvalue weighted by atomic mass is 79.9. The number of rotatable bonds is 2. The topological polar surface area (TPSA) is 26.0 Å². The van der Waals surface area contributed by atoms with Crippen molar-refractivity contribution in [3.05, 3.63) is 33.8 Å². The van der Waals surface area contributed by atoms with Crippen molar-refractivity contribution in [2.75, 3.05) is 0 Å². The summed E-state index contributed by atoms with van der Waals surface area (Å²) in [5.41, 5.74) is 3.72. The summed E-state index contributed by atoms with van der Waals surface area (Å²) in [4.78, 5) is 0. The van der Waals surface area contributed by atoms with Gasteiger partial charge in [-0.3, -0.25) is 0 Å². The van der Waals surface area contributed by atoms with Crippen LogP contribution >= 0.6 is 15.9 Å². The molecule has 88 valence electrons. The van der Waals surface area contributed by atoms with Crippen LogP contribution in [0.1, 0.15) is 18.4 Å². The van der Waals surface area contributed by atoms with Crippen LogP contribution in [0.4, 0.5) is 13.2 Å². The summed E-state index contributed by atoms with van der Waals surface area (Å²) in [6, 6.07) is 2.21. The van der Waals surface area contributed by atoms with Crippen LogP contribution in [0.25, 0.3) is 0 Å². The highest BCUT2D eigenvalue weighted by Crippen LogP contribution is 2.39. The van der Waals surface area contributed by atoms with E-state index in [4.69, 9.17) is 5.73 Å². The molecule has 16 heavy (non-hydrogen) atoms. The van der Waals surface area contributed by atoms with Gasteiger partial charge in [0.15, 0.2) is 0 Å². The molecule has 0 heterocycles. The van der Waals surface area contributed by atoms with Crippen molar-refractivity contribution in [3.63, 3.8) is 0 Å². The Morgan fingerprint density at radius 2 is 2.00 bits per heavy atom. The van der Waals surface area contributed by atoms with E-state index in [1.54, 1.807) is 0 Å². The Morgan fingerprint density at radius 3 is 2.56 bits per heavy atom. The van der Waals surface area contributed by atoms with Crippen molar-refractivity contribution in [2.24, 2.45) is 5.73 Å². The maximum atomic E-state index is 13.9. The van der Waals surface area contributed by atoms with Gasteiger partial charge in [-0.25, -0.2) is 13.2 Å². The molecule has 0 amide bonds. The van der Waals surface area contributed by atoms with Gasteiger partial charge in [-0.1, -0.05) is 0 Å². The number of hydrogen-bond acceptors (Lipinski definition) is 1. The average Bonchev–Trinajstić information content (AvgIpc) is 2.17. The van der Waals surface area contributed by atoms with Crippen LogP contribution in [0.2, 0.25) is 0 Å². The molecule has 1 aromatic rings. The van der Waals surface area contributed by atoms with Crippen molar-refractivity contribution in [1.29, 1.82) is 0 Å². The van der Waals surface area contributed by atoms with E-state index >= 15 is 0 Å². The molecule has 0 radical (unpaired) electrons. The largest absolute Gasteiger partial charge is 0.327 e. The van der Waals surface area contributed by atoms with Crippen molar-refractivity contribution >= 4 is 15.9 Å². The molecule has 0 spiro atoms. The summed E-state index contributed by atoms with van der Waals surface area (Å²) in [6.07, 6.45) is 0.0780. The van der Waals surface area contributed by atoms with Crippen molar-refractivity contribution in [3.8, 4) is 0 Å². The lowest BCUT2D eigenvalue weighted by molar-refractivity contribution is 0.0426. The minimum absolute atomic E-state index is 0.149. The third kappa shape index (κ3) is 2.11. The zero-order chi connectivity index (χ0) is 11.9. The molecule has 5 heteroatoms. The third-order valence-electron chi connectivity index (χ3n) is 2.89. The Hall–Kier alpha value is -0.550. The summed E-state index contributed by atoms with van der Waals surface area (Å²) < 4.78 is 41.0. The SMILES string of the molecule is NC1CC(F)(Cc2c(F)ccc(Br)c2F)C1. The van der Waals surface area contributed by atoms with Gasteiger partial charge in [0.2, 0.25) is 0 Å². The number of nitrogens with two attached hydrogens (primary N) is 1. The van der Waals surface area contributed by atoms with E-state index in [1.165, 1.54) is 6.07 Å². The monoisotopic (exact) mass is 293 g/mol. The van der Waals surface area contributed by atoms with E-state index in [1.807, 2.05) is 0 Å². The molecule has 1 aromatic carbocycles. The second kappa shape index (κ2) is 4.04. The molecule has 0 saturated heterocycles. The van der Waals surface area contributed by atoms with Crippen molar-refractivity contribution in [2.45, 2.75) is 31.0 Å². The Kier molecular flexibility index (Phi) is 3.01. The van der Waals surface area contributed by atoms with Gasteiger partial charge in [0.05, 0.1) is 4.47 Å². The van der Waals surface area contributed by atoms with Gasteiger partial charge in [0.25, 0.3) is 0 Å². The van der Waals surface area contributed by atoms with Crippen molar-refractivity contribution < 1.29 is 13.2 Å². The first-order valence-electron chi connectivity index (χ1n) is 4.98. The Balaban J connectivity index is 2.25. The zero-order valence-electron chi connectivity index (χ0n) is 8.44. The molecule has 2 N–H and O–H groups in total. The molecule has 0 unspecified atom stereocenters. The molecule has 0 aliphatic heterocycles. The molecule has 1 aliphatic rings. The molecule has 1 saturated carbocycles. The summed E-state index contributed by atoms with van der Waals surface area (Å²) in [6.45, 7) is 0. The maximum absolute atomic E-state index is 13.9. The first-order chi connectivity index (χ1) is 7.41. The summed E-state index contributed by atoms with van der Waals surface area (Å²) in [5, 5.41) is 0. The minimum Gasteiger partial charge on any atom is -0.327 e. The molecule has 1 aliphatic carbocycles. The summed E-state index contributed by atoms with van der Waals surface area (Å²) in [5.74, 6) is -1.43. The maximum Gasteiger partial charge on any atom is 0.143 e. The molecule has 0 bridgehead atoms. The molecular formula is C11H11BrF3N. The van der Waals surface area contributed by atoms with Gasteiger partial charge in [0, 0.05) is 18.0 Å². The second-order valence-corrected chi connectivity index (χ2v) is 5.17. The lowest BCUT2D eigenvalue weighted by Gasteiger charge is -2.39. The van der Waals surface area contributed by atoms with Crippen LogP contribution in [0.5, 0.6) is 0 Å². The Morgan fingerprint density at radius 1 is 1.38 bits per heavy atom. The lowest BCUT2D eigenvalue weighted by Crippen LogP contribution is -2.49. The van der Waals surface area contributed by atoms with E-state index in [2.05, 4.69) is 15.9 Å². The Bertz CT molecular complexity index is 416. The van der Waals surface area contributed by atoms with Gasteiger partial charge in [-0.2, -0.15) is 0 Å². The fraction of sp³-hybridized carbons (Fsp3) is 0.455. The van der Waals surface area contributed by atoms with Gasteiger partial charge < -0.3 is 5.73 Å². The molecular weight excluding hydrogens is 283 g/mol. The first kappa shape index (κ1) is 11.9. The summed E-state index contributed by atoms with van der Waals surface area (Å²) in [7, 11) is 0. The predicted molar refractivity (Wildman–Crippen MR) is 58.8 cm³/mol. The molecule has 0 atom stereocenters. The molecule has 2 rings (SSSR count). The van der Waals surface area contributed by atoms with Gasteiger partial charge in [0.1, 0.15) is 17.3 Å². The predicted octanol–water partition coefficient (Wildman–Crippen LogP) is 3.10. The fourth-order valence-corrected chi connectivity index (χ4v) is 2.44. The van der Waals surface area contributed by atoms with Crippen molar-refractivity contribution in [1.82, 2.24) is 0 Å². The second-order valence-electron chi connectivity index (χ2n) is 4.32. The number of hydrogen-bond donors (Lipinski definition) is 1. The van der Waals surface area contributed by atoms with Crippen LogP contribution in [0, 0.1) is 11.6 Å². The zero-order valence-corrected chi connectivity index (χ0v) is 10.0. The van der Waals surface area contributed by atoms with Gasteiger partial charge in [-0.05, 0) is 40.9 Å². The fourth-order valence-electron chi connectivity index (χ4n) is 2.07. The third-order valence-corrected chi connectivity index (χ3v) is 3.50.